The lowest BCUT2D eigenvalue weighted by molar-refractivity contribution is 0.0987. The molecule has 1 aromatic rings. The summed E-state index contributed by atoms with van der Waals surface area (Å²) in [4.78, 5) is 11.3. The molecule has 76 valence electrons. The molecule has 1 rings (SSSR count). The molecule has 0 N–H and O–H groups in total. The minimum Gasteiger partial charge on any atom is -0.491 e. The third-order valence-electron chi connectivity index (χ3n) is 1.87. The molecule has 0 heterocycles. The van der Waals surface area contributed by atoms with Gasteiger partial charge in [-0.25, -0.2) is 4.39 Å². The van der Waals surface area contributed by atoms with Gasteiger partial charge in [-0.2, -0.15) is 0 Å². The average molecular weight is 196 g/mol. The van der Waals surface area contributed by atoms with E-state index in [1.54, 1.807) is 13.8 Å². The quantitative estimate of drug-likeness (QED) is 0.692. The van der Waals surface area contributed by atoms with Crippen LogP contribution in [0, 0.1) is 5.82 Å². The molecule has 0 atom stereocenters. The fourth-order valence-electron chi connectivity index (χ4n) is 1.15. The molecule has 0 aromatic heterocycles. The third-order valence-corrected chi connectivity index (χ3v) is 1.87. The fraction of sp³-hybridized carbons (Fsp3) is 0.364. The zero-order valence-electron chi connectivity index (χ0n) is 8.34. The van der Waals surface area contributed by atoms with Crippen LogP contribution in [0.2, 0.25) is 0 Å². The first kappa shape index (κ1) is 10.7. The molecule has 0 saturated carbocycles. The van der Waals surface area contributed by atoms with E-state index in [2.05, 4.69) is 0 Å². The third kappa shape index (κ3) is 2.31. The Balaban J connectivity index is 2.99. The smallest absolute Gasteiger partial charge is 0.165 e. The van der Waals surface area contributed by atoms with Gasteiger partial charge in [0, 0.05) is 12.0 Å². The maximum Gasteiger partial charge on any atom is 0.165 e. The van der Waals surface area contributed by atoms with E-state index in [4.69, 9.17) is 4.74 Å². The van der Waals surface area contributed by atoms with Gasteiger partial charge in [-0.05, 0) is 25.1 Å². The monoisotopic (exact) mass is 196 g/mol. The summed E-state index contributed by atoms with van der Waals surface area (Å²) in [5.74, 6) is -0.294. The zero-order chi connectivity index (χ0) is 10.6. The molecule has 1 aromatic carbocycles. The first-order valence-electron chi connectivity index (χ1n) is 4.64. The summed E-state index contributed by atoms with van der Waals surface area (Å²) in [6.07, 6.45) is 0.414. The highest BCUT2D eigenvalue weighted by atomic mass is 19.1. The number of rotatable bonds is 4. The van der Waals surface area contributed by atoms with Crippen LogP contribution in [-0.2, 0) is 0 Å². The Hall–Kier alpha value is -1.38. The van der Waals surface area contributed by atoms with E-state index in [0.29, 0.717) is 18.6 Å². The highest BCUT2D eigenvalue weighted by Crippen LogP contribution is 2.19. The molecule has 0 bridgehead atoms. The van der Waals surface area contributed by atoms with Crippen LogP contribution in [0.25, 0.3) is 0 Å². The largest absolute Gasteiger partial charge is 0.491 e. The van der Waals surface area contributed by atoms with Gasteiger partial charge in [-0.1, -0.05) is 6.92 Å². The van der Waals surface area contributed by atoms with Gasteiger partial charge in [-0.15, -0.1) is 0 Å². The minimum absolute atomic E-state index is 0.00838. The zero-order valence-corrected chi connectivity index (χ0v) is 8.34. The number of carbonyl (C=O) groups excluding carboxylic acids is 1. The number of ketones is 1. The van der Waals surface area contributed by atoms with Crippen LogP contribution in [0.5, 0.6) is 5.75 Å². The van der Waals surface area contributed by atoms with Crippen LogP contribution in [-0.4, -0.2) is 12.4 Å². The van der Waals surface area contributed by atoms with Crippen molar-refractivity contribution in [3.8, 4) is 5.75 Å². The van der Waals surface area contributed by atoms with Gasteiger partial charge >= 0.3 is 0 Å². The summed E-state index contributed by atoms with van der Waals surface area (Å²) in [7, 11) is 0. The summed E-state index contributed by atoms with van der Waals surface area (Å²) in [5, 5.41) is 0. The Kier molecular flexibility index (Phi) is 3.63. The number of hydrogen-bond acceptors (Lipinski definition) is 2. The van der Waals surface area contributed by atoms with E-state index in [1.807, 2.05) is 0 Å². The lowest BCUT2D eigenvalue weighted by Gasteiger charge is -2.05. The Morgan fingerprint density at radius 3 is 2.71 bits per heavy atom. The maximum absolute atomic E-state index is 13.1. The predicted octanol–water partition coefficient (Wildman–Crippen LogP) is 2.82. The second-order valence-electron chi connectivity index (χ2n) is 2.85. The van der Waals surface area contributed by atoms with Crippen molar-refractivity contribution in [3.63, 3.8) is 0 Å². The van der Waals surface area contributed by atoms with E-state index in [1.165, 1.54) is 18.2 Å². The first-order valence-corrected chi connectivity index (χ1v) is 4.64. The number of halogens is 1. The van der Waals surface area contributed by atoms with Gasteiger partial charge in [0.1, 0.15) is 0 Å². The standard InChI is InChI=1S/C11H13FO2/c1-3-10(13)8-5-6-9(12)11(7-8)14-4-2/h5-7H,3-4H2,1-2H3. The van der Waals surface area contributed by atoms with E-state index >= 15 is 0 Å². The van der Waals surface area contributed by atoms with Crippen LogP contribution in [0.15, 0.2) is 18.2 Å². The van der Waals surface area contributed by atoms with Crippen molar-refractivity contribution < 1.29 is 13.9 Å². The van der Waals surface area contributed by atoms with Crippen molar-refractivity contribution in [3.05, 3.63) is 29.6 Å². The average Bonchev–Trinajstić information content (AvgIpc) is 2.20. The van der Waals surface area contributed by atoms with Crippen molar-refractivity contribution >= 4 is 5.78 Å². The van der Waals surface area contributed by atoms with Crippen LogP contribution in [0.3, 0.4) is 0 Å². The molecule has 0 saturated heterocycles. The number of carbonyl (C=O) groups is 1. The summed E-state index contributed by atoms with van der Waals surface area (Å²) in [6, 6.07) is 4.18. The van der Waals surface area contributed by atoms with Crippen LogP contribution in [0.4, 0.5) is 4.39 Å². The van der Waals surface area contributed by atoms with Crippen molar-refractivity contribution in [2.75, 3.05) is 6.61 Å². The fourth-order valence-corrected chi connectivity index (χ4v) is 1.15. The SMILES string of the molecule is CCOc1cc(C(=O)CC)ccc1F. The molecule has 0 fully saturated rings. The van der Waals surface area contributed by atoms with E-state index < -0.39 is 5.82 Å². The summed E-state index contributed by atoms with van der Waals surface area (Å²) in [5.41, 5.74) is 0.498. The van der Waals surface area contributed by atoms with Crippen molar-refractivity contribution in [2.24, 2.45) is 0 Å². The van der Waals surface area contributed by atoms with Gasteiger partial charge in [-0.3, -0.25) is 4.79 Å². The molecule has 0 unspecified atom stereocenters. The highest BCUT2D eigenvalue weighted by Gasteiger charge is 2.08. The van der Waals surface area contributed by atoms with Gasteiger partial charge in [0.2, 0.25) is 0 Å². The number of ether oxygens (including phenoxy) is 1. The van der Waals surface area contributed by atoms with Crippen LogP contribution < -0.4 is 4.74 Å². The molecule has 0 aliphatic carbocycles. The van der Waals surface area contributed by atoms with Crippen LogP contribution >= 0.6 is 0 Å². The summed E-state index contributed by atoms with van der Waals surface area (Å²) in [6.45, 7) is 3.93. The molecule has 0 aliphatic heterocycles. The summed E-state index contributed by atoms with van der Waals surface area (Å²) < 4.78 is 18.1. The Labute approximate surface area is 82.7 Å². The molecule has 0 aliphatic rings. The maximum atomic E-state index is 13.1. The van der Waals surface area contributed by atoms with Crippen LogP contribution in [0.1, 0.15) is 30.6 Å². The van der Waals surface area contributed by atoms with E-state index in [9.17, 15) is 9.18 Å². The number of Topliss-reactive ketones (excluding diaryl/α,β-unsaturated/α-hetero) is 1. The second kappa shape index (κ2) is 4.74. The lowest BCUT2D eigenvalue weighted by atomic mass is 10.1. The van der Waals surface area contributed by atoms with E-state index in [0.717, 1.165) is 0 Å². The molecule has 0 spiro atoms. The Bertz CT molecular complexity index is 334. The normalized spacial score (nSPS) is 9.93. The predicted molar refractivity (Wildman–Crippen MR) is 52.2 cm³/mol. The number of hydrogen-bond donors (Lipinski definition) is 0. The Morgan fingerprint density at radius 1 is 1.43 bits per heavy atom. The molecular formula is C11H13FO2. The summed E-state index contributed by atoms with van der Waals surface area (Å²) >= 11 is 0. The van der Waals surface area contributed by atoms with Crippen molar-refractivity contribution in [1.82, 2.24) is 0 Å². The first-order chi connectivity index (χ1) is 6.69. The molecule has 2 nitrogen and oxygen atoms in total. The van der Waals surface area contributed by atoms with Crippen molar-refractivity contribution in [1.29, 1.82) is 0 Å². The topological polar surface area (TPSA) is 26.3 Å². The van der Waals surface area contributed by atoms with Crippen molar-refractivity contribution in [2.45, 2.75) is 20.3 Å². The molecule has 3 heteroatoms. The lowest BCUT2D eigenvalue weighted by Crippen LogP contribution is -2.00. The molecule has 0 amide bonds. The van der Waals surface area contributed by atoms with Gasteiger partial charge in [0.05, 0.1) is 6.61 Å². The Morgan fingerprint density at radius 2 is 2.14 bits per heavy atom. The van der Waals surface area contributed by atoms with Gasteiger partial charge < -0.3 is 4.74 Å². The molecule has 0 radical (unpaired) electrons. The molecule has 14 heavy (non-hydrogen) atoms. The minimum atomic E-state index is -0.431. The van der Waals surface area contributed by atoms with Gasteiger partial charge in [0.15, 0.2) is 17.3 Å². The number of benzene rings is 1. The van der Waals surface area contributed by atoms with E-state index in [-0.39, 0.29) is 11.5 Å². The molecular weight excluding hydrogens is 183 g/mol. The second-order valence-corrected chi connectivity index (χ2v) is 2.85. The highest BCUT2D eigenvalue weighted by molar-refractivity contribution is 5.96. The van der Waals surface area contributed by atoms with Gasteiger partial charge in [0.25, 0.3) is 0 Å².